The van der Waals surface area contributed by atoms with Crippen LogP contribution < -0.4 is 5.43 Å². The summed E-state index contributed by atoms with van der Waals surface area (Å²) in [4.78, 5) is 30.5. The first-order chi connectivity index (χ1) is 9.72. The number of rotatable bonds is 2. The van der Waals surface area contributed by atoms with Gasteiger partial charge in [-0.05, 0) is 29.9 Å². The summed E-state index contributed by atoms with van der Waals surface area (Å²) < 4.78 is 0. The second kappa shape index (κ2) is 5.25. The summed E-state index contributed by atoms with van der Waals surface area (Å²) in [6, 6.07) is 3.58. The molecule has 0 saturated heterocycles. The van der Waals surface area contributed by atoms with Gasteiger partial charge in [-0.3, -0.25) is 9.59 Å². The van der Waals surface area contributed by atoms with E-state index in [1.807, 2.05) is 4.90 Å². The van der Waals surface area contributed by atoms with Crippen molar-refractivity contribution in [1.29, 1.82) is 0 Å². The molecule has 1 N–H and O–H groups in total. The zero-order valence-electron chi connectivity index (χ0n) is 11.3. The molecule has 2 aromatic heterocycles. The van der Waals surface area contributed by atoms with Crippen LogP contribution in [0.25, 0.3) is 0 Å². The van der Waals surface area contributed by atoms with Gasteiger partial charge in [0.05, 0.1) is 6.04 Å². The molecule has 3 heterocycles. The number of aromatic amines is 1. The quantitative estimate of drug-likeness (QED) is 0.923. The predicted octanol–water partition coefficient (Wildman–Crippen LogP) is 2.59. The summed E-state index contributed by atoms with van der Waals surface area (Å²) in [6.07, 6.45) is 4.78. The van der Waals surface area contributed by atoms with E-state index < -0.39 is 0 Å². The number of aromatic nitrogens is 1. The first-order valence-corrected chi connectivity index (χ1v) is 7.64. The first kappa shape index (κ1) is 13.1. The largest absolute Gasteiger partial charge is 0.367 e. The fourth-order valence-corrected chi connectivity index (χ4v) is 3.75. The van der Waals surface area contributed by atoms with E-state index in [1.165, 1.54) is 22.7 Å². The number of fused-ring (bicyclic) bond motifs is 1. The summed E-state index contributed by atoms with van der Waals surface area (Å²) in [5, 5.41) is 2.08. The lowest BCUT2D eigenvalue weighted by Crippen LogP contribution is -2.41. The molecule has 20 heavy (non-hydrogen) atoms. The molecule has 0 saturated carbocycles. The van der Waals surface area contributed by atoms with E-state index in [0.717, 1.165) is 12.8 Å². The molecular weight excluding hydrogens is 272 g/mol. The molecule has 0 aliphatic carbocycles. The summed E-state index contributed by atoms with van der Waals surface area (Å²) in [5.74, 6) is -0.171. The summed E-state index contributed by atoms with van der Waals surface area (Å²) in [7, 11) is 0. The molecule has 1 unspecified atom stereocenters. The third-order valence-corrected chi connectivity index (χ3v) is 4.79. The highest BCUT2D eigenvalue weighted by molar-refractivity contribution is 7.10. The Balaban J connectivity index is 1.97. The van der Waals surface area contributed by atoms with E-state index in [-0.39, 0.29) is 22.9 Å². The second-order valence-electron chi connectivity index (χ2n) is 4.89. The van der Waals surface area contributed by atoms with Crippen molar-refractivity contribution in [3.63, 3.8) is 0 Å². The Morgan fingerprint density at radius 2 is 2.35 bits per heavy atom. The van der Waals surface area contributed by atoms with Crippen molar-refractivity contribution in [2.45, 2.75) is 25.8 Å². The van der Waals surface area contributed by atoms with Crippen molar-refractivity contribution < 1.29 is 4.79 Å². The molecule has 4 nitrogen and oxygen atoms in total. The number of thiophene rings is 1. The Bertz CT molecular complexity index is 689. The topological polar surface area (TPSA) is 53.2 Å². The average Bonchev–Trinajstić information content (AvgIpc) is 2.94. The number of nitrogens with zero attached hydrogens (tertiary/aromatic N) is 1. The van der Waals surface area contributed by atoms with Gasteiger partial charge in [0, 0.05) is 29.9 Å². The Labute approximate surface area is 121 Å². The molecule has 0 bridgehead atoms. The fourth-order valence-electron chi connectivity index (χ4n) is 2.82. The molecule has 0 spiro atoms. The van der Waals surface area contributed by atoms with E-state index in [1.54, 1.807) is 17.5 Å². The highest BCUT2D eigenvalue weighted by Crippen LogP contribution is 2.35. The van der Waals surface area contributed by atoms with Crippen LogP contribution in [-0.2, 0) is 6.42 Å². The van der Waals surface area contributed by atoms with Crippen LogP contribution in [0, 0.1) is 0 Å². The van der Waals surface area contributed by atoms with Gasteiger partial charge >= 0.3 is 0 Å². The third-order valence-electron chi connectivity index (χ3n) is 3.80. The number of carbonyl (C=O) groups excluding carboxylic acids is 1. The van der Waals surface area contributed by atoms with Gasteiger partial charge in [0.25, 0.3) is 5.91 Å². The number of nitrogens with one attached hydrogen (secondary N) is 1. The van der Waals surface area contributed by atoms with Crippen LogP contribution in [0.1, 0.15) is 40.2 Å². The minimum absolute atomic E-state index is 0.0807. The fraction of sp³-hybridized carbons (Fsp3) is 0.333. The predicted molar refractivity (Wildman–Crippen MR) is 79.2 cm³/mol. The van der Waals surface area contributed by atoms with Gasteiger partial charge in [-0.1, -0.05) is 6.92 Å². The monoisotopic (exact) mass is 288 g/mol. The molecule has 1 amide bonds. The molecular formula is C15H16N2O2S. The highest BCUT2D eigenvalue weighted by atomic mass is 32.1. The number of carbonyl (C=O) groups is 1. The SMILES string of the molecule is CCC1c2ccsc2CCN1C(=O)c1c[nH]ccc1=O. The van der Waals surface area contributed by atoms with Crippen LogP contribution in [0.5, 0.6) is 0 Å². The lowest BCUT2D eigenvalue weighted by atomic mass is 9.97. The minimum Gasteiger partial charge on any atom is -0.367 e. The Morgan fingerprint density at radius 1 is 1.50 bits per heavy atom. The van der Waals surface area contributed by atoms with E-state index in [0.29, 0.717) is 6.54 Å². The molecule has 104 valence electrons. The van der Waals surface area contributed by atoms with Gasteiger partial charge in [0.15, 0.2) is 5.43 Å². The van der Waals surface area contributed by atoms with Crippen molar-refractivity contribution in [3.05, 3.63) is 56.1 Å². The molecule has 1 aliphatic rings. The Morgan fingerprint density at radius 3 is 3.10 bits per heavy atom. The number of hydrogen-bond acceptors (Lipinski definition) is 3. The zero-order chi connectivity index (χ0) is 14.1. The second-order valence-corrected chi connectivity index (χ2v) is 5.89. The van der Waals surface area contributed by atoms with Gasteiger partial charge in [-0.25, -0.2) is 0 Å². The van der Waals surface area contributed by atoms with Crippen molar-refractivity contribution in [3.8, 4) is 0 Å². The summed E-state index contributed by atoms with van der Waals surface area (Å²) in [5.41, 5.74) is 1.24. The van der Waals surface area contributed by atoms with Crippen molar-refractivity contribution in [2.24, 2.45) is 0 Å². The highest BCUT2D eigenvalue weighted by Gasteiger charge is 2.31. The summed E-state index contributed by atoms with van der Waals surface area (Å²) >= 11 is 1.75. The Kier molecular flexibility index (Phi) is 3.44. The third kappa shape index (κ3) is 2.08. The zero-order valence-corrected chi connectivity index (χ0v) is 12.1. The smallest absolute Gasteiger partial charge is 0.259 e. The van der Waals surface area contributed by atoms with Crippen molar-refractivity contribution in [1.82, 2.24) is 9.88 Å². The maximum atomic E-state index is 12.6. The first-order valence-electron chi connectivity index (χ1n) is 6.76. The molecule has 1 aliphatic heterocycles. The van der Waals surface area contributed by atoms with Crippen LogP contribution in [0.15, 0.2) is 34.7 Å². The van der Waals surface area contributed by atoms with E-state index in [9.17, 15) is 9.59 Å². The van der Waals surface area contributed by atoms with E-state index in [4.69, 9.17) is 0 Å². The molecule has 2 aromatic rings. The van der Waals surface area contributed by atoms with Gasteiger partial charge in [-0.15, -0.1) is 11.3 Å². The maximum absolute atomic E-state index is 12.6. The van der Waals surface area contributed by atoms with Gasteiger partial charge in [-0.2, -0.15) is 0 Å². The van der Waals surface area contributed by atoms with Crippen molar-refractivity contribution >= 4 is 17.2 Å². The summed E-state index contributed by atoms with van der Waals surface area (Å²) in [6.45, 7) is 2.76. The van der Waals surface area contributed by atoms with Crippen molar-refractivity contribution in [2.75, 3.05) is 6.54 Å². The Hall–Kier alpha value is -1.88. The molecule has 0 fully saturated rings. The standard InChI is InChI=1S/C15H16N2O2S/c1-2-12-10-5-8-20-14(10)4-7-17(12)15(19)11-9-16-6-3-13(11)18/h3,5-6,8-9,12H,2,4,7H2,1H3,(H,16,18). The lowest BCUT2D eigenvalue weighted by molar-refractivity contribution is 0.0655. The lowest BCUT2D eigenvalue weighted by Gasteiger charge is -2.35. The minimum atomic E-state index is -0.222. The van der Waals surface area contributed by atoms with Crippen LogP contribution in [0.2, 0.25) is 0 Å². The number of amides is 1. The van der Waals surface area contributed by atoms with Gasteiger partial charge in [0.2, 0.25) is 0 Å². The van der Waals surface area contributed by atoms with Gasteiger partial charge in [0.1, 0.15) is 5.56 Å². The number of hydrogen-bond donors (Lipinski definition) is 1. The molecule has 5 heteroatoms. The normalized spacial score (nSPS) is 17.9. The number of pyridine rings is 1. The van der Waals surface area contributed by atoms with E-state index in [2.05, 4.69) is 23.4 Å². The average molecular weight is 288 g/mol. The molecule has 0 aromatic carbocycles. The number of H-pyrrole nitrogens is 1. The molecule has 0 radical (unpaired) electrons. The molecule has 3 rings (SSSR count). The van der Waals surface area contributed by atoms with Crippen LogP contribution in [0.3, 0.4) is 0 Å². The van der Waals surface area contributed by atoms with Crippen LogP contribution in [0.4, 0.5) is 0 Å². The van der Waals surface area contributed by atoms with Gasteiger partial charge < -0.3 is 9.88 Å². The molecule has 1 atom stereocenters. The van der Waals surface area contributed by atoms with Crippen LogP contribution >= 0.6 is 11.3 Å². The van der Waals surface area contributed by atoms with E-state index >= 15 is 0 Å². The van der Waals surface area contributed by atoms with Crippen LogP contribution in [-0.4, -0.2) is 22.3 Å². The maximum Gasteiger partial charge on any atom is 0.259 e.